The number of allylic oxidation sites excluding steroid dienone is 1. The van der Waals surface area contributed by atoms with Gasteiger partial charge >= 0.3 is 0 Å². The molecule has 1 saturated heterocycles. The maximum Gasteiger partial charge on any atom is 0.186 e. The molecule has 1 atom stereocenters. The molecule has 3 rings (SSSR count). The number of ketones is 1. The second-order valence-corrected chi connectivity index (χ2v) is 8.83. The van der Waals surface area contributed by atoms with Gasteiger partial charge in [-0.3, -0.25) is 9.48 Å². The standard InChI is InChI=1S/C19H22N2O3S/c1-13-6-4-5-7-17(13)19(22)9-8-18-14(2)20-21(15(18)3)16-10-11-25(23,24)12-16/h4-9,16H,10-12H2,1-3H3/b9-8+/t16-/m0/s1. The third-order valence-corrected chi connectivity index (χ3v) is 6.50. The fourth-order valence-corrected chi connectivity index (χ4v) is 5.03. The van der Waals surface area contributed by atoms with Gasteiger partial charge in [-0.1, -0.05) is 24.3 Å². The van der Waals surface area contributed by atoms with Gasteiger partial charge in [0.2, 0.25) is 0 Å². The highest BCUT2D eigenvalue weighted by Crippen LogP contribution is 2.27. The van der Waals surface area contributed by atoms with Crippen LogP contribution in [0.2, 0.25) is 0 Å². The van der Waals surface area contributed by atoms with E-state index in [0.29, 0.717) is 12.0 Å². The van der Waals surface area contributed by atoms with Crippen molar-refractivity contribution in [3.05, 3.63) is 58.4 Å². The molecule has 0 bridgehead atoms. The summed E-state index contributed by atoms with van der Waals surface area (Å²) in [5, 5.41) is 4.52. The molecule has 1 aliphatic heterocycles. The lowest BCUT2D eigenvalue weighted by molar-refractivity contribution is 0.104. The van der Waals surface area contributed by atoms with E-state index in [-0.39, 0.29) is 23.3 Å². The van der Waals surface area contributed by atoms with Crippen LogP contribution in [0.15, 0.2) is 30.3 Å². The predicted molar refractivity (Wildman–Crippen MR) is 98.6 cm³/mol. The van der Waals surface area contributed by atoms with Gasteiger partial charge in [-0.25, -0.2) is 8.42 Å². The van der Waals surface area contributed by atoms with E-state index in [1.54, 1.807) is 16.8 Å². The lowest BCUT2D eigenvalue weighted by Crippen LogP contribution is -2.13. The Labute approximate surface area is 148 Å². The third kappa shape index (κ3) is 3.58. The summed E-state index contributed by atoms with van der Waals surface area (Å²) in [6, 6.07) is 7.37. The first kappa shape index (κ1) is 17.6. The van der Waals surface area contributed by atoms with E-state index in [1.807, 2.05) is 45.0 Å². The molecule has 0 unspecified atom stereocenters. The van der Waals surface area contributed by atoms with E-state index in [9.17, 15) is 13.2 Å². The molecular weight excluding hydrogens is 336 g/mol. The first-order valence-corrected chi connectivity index (χ1v) is 10.1. The average molecular weight is 358 g/mol. The van der Waals surface area contributed by atoms with Crippen molar-refractivity contribution in [1.82, 2.24) is 9.78 Å². The highest BCUT2D eigenvalue weighted by molar-refractivity contribution is 7.91. The van der Waals surface area contributed by atoms with Gasteiger partial charge < -0.3 is 0 Å². The number of hydrogen-bond acceptors (Lipinski definition) is 4. The molecule has 0 aliphatic carbocycles. The fraction of sp³-hybridized carbons (Fsp3) is 0.368. The maximum atomic E-state index is 12.4. The molecule has 0 spiro atoms. The van der Waals surface area contributed by atoms with Gasteiger partial charge in [0.1, 0.15) is 0 Å². The summed E-state index contributed by atoms with van der Waals surface area (Å²) in [6.45, 7) is 5.71. The van der Waals surface area contributed by atoms with Gasteiger partial charge in [0, 0.05) is 16.8 Å². The van der Waals surface area contributed by atoms with Gasteiger partial charge in [0.15, 0.2) is 15.6 Å². The molecule has 0 N–H and O–H groups in total. The Hall–Kier alpha value is -2.21. The van der Waals surface area contributed by atoms with E-state index in [1.165, 1.54) is 0 Å². The first-order chi connectivity index (χ1) is 11.8. The maximum absolute atomic E-state index is 12.4. The molecular formula is C19H22N2O3S. The highest BCUT2D eigenvalue weighted by atomic mass is 32.2. The van der Waals surface area contributed by atoms with Crippen molar-refractivity contribution in [2.24, 2.45) is 0 Å². The second-order valence-electron chi connectivity index (χ2n) is 6.60. The molecule has 1 aromatic heterocycles. The topological polar surface area (TPSA) is 69.0 Å². The van der Waals surface area contributed by atoms with Crippen LogP contribution in [0.4, 0.5) is 0 Å². The Morgan fingerprint density at radius 1 is 1.24 bits per heavy atom. The van der Waals surface area contributed by atoms with Gasteiger partial charge in [-0.15, -0.1) is 0 Å². The Balaban J connectivity index is 1.86. The van der Waals surface area contributed by atoms with Crippen LogP contribution in [0, 0.1) is 20.8 Å². The van der Waals surface area contributed by atoms with Crippen molar-refractivity contribution in [2.45, 2.75) is 33.2 Å². The molecule has 2 aromatic rings. The Morgan fingerprint density at radius 2 is 1.96 bits per heavy atom. The van der Waals surface area contributed by atoms with E-state index in [4.69, 9.17) is 0 Å². The van der Waals surface area contributed by atoms with Crippen LogP contribution in [0.1, 0.15) is 45.3 Å². The van der Waals surface area contributed by atoms with Crippen molar-refractivity contribution < 1.29 is 13.2 Å². The normalized spacial score (nSPS) is 19.6. The minimum Gasteiger partial charge on any atom is -0.289 e. The number of carbonyl (C=O) groups is 1. The Morgan fingerprint density at radius 3 is 2.60 bits per heavy atom. The molecule has 0 radical (unpaired) electrons. The number of sulfone groups is 1. The summed E-state index contributed by atoms with van der Waals surface area (Å²) in [6.07, 6.45) is 3.94. The molecule has 1 fully saturated rings. The minimum absolute atomic E-state index is 0.0481. The number of nitrogens with zero attached hydrogens (tertiary/aromatic N) is 2. The van der Waals surface area contributed by atoms with E-state index in [2.05, 4.69) is 5.10 Å². The van der Waals surface area contributed by atoms with E-state index < -0.39 is 9.84 Å². The SMILES string of the molecule is Cc1ccccc1C(=O)/C=C/c1c(C)nn([C@H]2CCS(=O)(=O)C2)c1C. The highest BCUT2D eigenvalue weighted by Gasteiger charge is 2.31. The summed E-state index contributed by atoms with van der Waals surface area (Å²) in [5.74, 6) is 0.306. The van der Waals surface area contributed by atoms with Crippen molar-refractivity contribution in [1.29, 1.82) is 0 Å². The largest absolute Gasteiger partial charge is 0.289 e. The van der Waals surface area contributed by atoms with Crippen molar-refractivity contribution in [3.8, 4) is 0 Å². The lowest BCUT2D eigenvalue weighted by atomic mass is 10.0. The van der Waals surface area contributed by atoms with Crippen molar-refractivity contribution >= 4 is 21.7 Å². The van der Waals surface area contributed by atoms with Gasteiger partial charge in [-0.05, 0) is 44.9 Å². The molecule has 1 aromatic carbocycles. The smallest absolute Gasteiger partial charge is 0.186 e. The number of benzene rings is 1. The second kappa shape index (κ2) is 6.59. The van der Waals surface area contributed by atoms with Crippen LogP contribution in [0.25, 0.3) is 6.08 Å². The molecule has 0 amide bonds. The van der Waals surface area contributed by atoms with Gasteiger partial charge in [-0.2, -0.15) is 5.10 Å². The van der Waals surface area contributed by atoms with Crippen molar-refractivity contribution in [2.75, 3.05) is 11.5 Å². The first-order valence-electron chi connectivity index (χ1n) is 8.32. The zero-order valence-electron chi connectivity index (χ0n) is 14.7. The van der Waals surface area contributed by atoms with Crippen molar-refractivity contribution in [3.63, 3.8) is 0 Å². The summed E-state index contributed by atoms with van der Waals surface area (Å²) < 4.78 is 25.2. The van der Waals surface area contributed by atoms with E-state index in [0.717, 1.165) is 22.5 Å². The number of rotatable bonds is 4. The van der Waals surface area contributed by atoms with Gasteiger partial charge in [0.05, 0.1) is 23.2 Å². The van der Waals surface area contributed by atoms with Crippen LogP contribution >= 0.6 is 0 Å². The fourth-order valence-electron chi connectivity index (χ4n) is 3.34. The van der Waals surface area contributed by atoms with Crippen LogP contribution in [-0.2, 0) is 9.84 Å². The average Bonchev–Trinajstić information content (AvgIpc) is 3.05. The van der Waals surface area contributed by atoms with Crippen LogP contribution < -0.4 is 0 Å². The van der Waals surface area contributed by atoms with Gasteiger partial charge in [0.25, 0.3) is 0 Å². The zero-order valence-corrected chi connectivity index (χ0v) is 15.5. The minimum atomic E-state index is -2.96. The summed E-state index contributed by atoms with van der Waals surface area (Å²) in [7, 11) is -2.96. The third-order valence-electron chi connectivity index (χ3n) is 4.75. The molecule has 132 valence electrons. The monoisotopic (exact) mass is 358 g/mol. The number of aromatic nitrogens is 2. The number of hydrogen-bond donors (Lipinski definition) is 0. The van der Waals surface area contributed by atoms with Crippen LogP contribution in [-0.4, -0.2) is 35.5 Å². The summed E-state index contributed by atoms with van der Waals surface area (Å²) >= 11 is 0. The number of carbonyl (C=O) groups excluding carboxylic acids is 1. The van der Waals surface area contributed by atoms with Crippen LogP contribution in [0.5, 0.6) is 0 Å². The predicted octanol–water partition coefficient (Wildman–Crippen LogP) is 3.06. The Bertz CT molecular complexity index is 955. The lowest BCUT2D eigenvalue weighted by Gasteiger charge is -2.10. The molecule has 2 heterocycles. The molecule has 0 saturated carbocycles. The zero-order chi connectivity index (χ0) is 18.2. The molecule has 25 heavy (non-hydrogen) atoms. The number of aryl methyl sites for hydroxylation is 2. The molecule has 6 heteroatoms. The molecule has 1 aliphatic rings. The van der Waals surface area contributed by atoms with Crippen LogP contribution in [0.3, 0.4) is 0 Å². The van der Waals surface area contributed by atoms with E-state index >= 15 is 0 Å². The summed E-state index contributed by atoms with van der Waals surface area (Å²) in [5.41, 5.74) is 4.20. The summed E-state index contributed by atoms with van der Waals surface area (Å²) in [4.78, 5) is 12.4. The quantitative estimate of drug-likeness (QED) is 0.622. The molecule has 5 nitrogen and oxygen atoms in total. The Kier molecular flexibility index (Phi) is 4.64.